The van der Waals surface area contributed by atoms with Crippen molar-refractivity contribution in [3.8, 4) is 0 Å². The number of benzene rings is 1. The first-order chi connectivity index (χ1) is 6.07. The van der Waals surface area contributed by atoms with E-state index in [0.717, 1.165) is 0 Å². The Morgan fingerprint density at radius 2 is 2.00 bits per heavy atom. The molecule has 0 radical (unpaired) electrons. The van der Waals surface area contributed by atoms with Gasteiger partial charge in [0.1, 0.15) is 0 Å². The van der Waals surface area contributed by atoms with Crippen LogP contribution in [0.3, 0.4) is 0 Å². The quantitative estimate of drug-likeness (QED) is 0.855. The van der Waals surface area contributed by atoms with Crippen molar-refractivity contribution in [1.82, 2.24) is 0 Å². The van der Waals surface area contributed by atoms with Gasteiger partial charge < -0.3 is 5.11 Å². The van der Waals surface area contributed by atoms with Crippen LogP contribution in [0.25, 0.3) is 0 Å². The van der Waals surface area contributed by atoms with E-state index in [9.17, 15) is 9.59 Å². The maximum Gasteiger partial charge on any atom is 0.338 e. The Labute approximate surface area is 91.0 Å². The van der Waals surface area contributed by atoms with Crippen molar-refractivity contribution in [2.24, 2.45) is 0 Å². The third-order valence-electron chi connectivity index (χ3n) is 1.46. The fourth-order valence-electron chi connectivity index (χ4n) is 0.856. The highest BCUT2D eigenvalue weighted by atomic mass is 79.9. The molecule has 0 spiro atoms. The zero-order valence-electron chi connectivity index (χ0n) is 6.25. The van der Waals surface area contributed by atoms with Crippen molar-refractivity contribution >= 4 is 44.1 Å². The summed E-state index contributed by atoms with van der Waals surface area (Å²) in [6.45, 7) is 0. The predicted octanol–water partition coefficient (Wildman–Crippen LogP) is 2.72. The molecule has 1 aromatic carbocycles. The smallest absolute Gasteiger partial charge is 0.338 e. The first kappa shape index (κ1) is 10.4. The summed E-state index contributed by atoms with van der Waals surface area (Å²) in [5, 5.41) is 8.79. The van der Waals surface area contributed by atoms with Crippen molar-refractivity contribution in [1.29, 1.82) is 0 Å². The number of halogens is 2. The third kappa shape index (κ3) is 1.97. The number of carbonyl (C=O) groups is 2. The van der Waals surface area contributed by atoms with E-state index in [-0.39, 0.29) is 5.56 Å². The molecule has 0 heterocycles. The van der Waals surface area contributed by atoms with Crippen LogP contribution in [0.5, 0.6) is 0 Å². The molecule has 68 valence electrons. The molecule has 3 nitrogen and oxygen atoms in total. The summed E-state index contributed by atoms with van der Waals surface area (Å²) in [7, 11) is 0. The number of aromatic carboxylic acids is 1. The molecule has 0 fully saturated rings. The van der Waals surface area contributed by atoms with Crippen molar-refractivity contribution < 1.29 is 14.7 Å². The minimum absolute atomic E-state index is 0.0598. The zero-order valence-corrected chi connectivity index (χ0v) is 9.42. The van der Waals surface area contributed by atoms with Crippen LogP contribution < -0.4 is 0 Å². The molecule has 5 heteroatoms. The normalized spacial score (nSPS) is 9.69. The zero-order chi connectivity index (χ0) is 10.0. The Kier molecular flexibility index (Phi) is 3.22. The molecule has 0 saturated carbocycles. The maximum atomic E-state index is 10.7. The van der Waals surface area contributed by atoms with Gasteiger partial charge in [0, 0.05) is 14.5 Å². The van der Waals surface area contributed by atoms with Gasteiger partial charge in [-0.05, 0) is 44.0 Å². The summed E-state index contributed by atoms with van der Waals surface area (Å²) in [5.41, 5.74) is 0.380. The predicted molar refractivity (Wildman–Crippen MR) is 54.2 cm³/mol. The average molecular weight is 308 g/mol. The van der Waals surface area contributed by atoms with Crippen molar-refractivity contribution in [2.45, 2.75) is 0 Å². The van der Waals surface area contributed by atoms with Crippen LogP contribution in [0.2, 0.25) is 0 Å². The lowest BCUT2D eigenvalue weighted by Gasteiger charge is -2.03. The maximum absolute atomic E-state index is 10.7. The Bertz CT molecular complexity index is 374. The standard InChI is InChI=1S/C8H4Br2O3/c9-5-2-1-4(3-11)7(10)6(5)8(12)13/h1-3H,(H,12,13). The second kappa shape index (κ2) is 4.02. The van der Waals surface area contributed by atoms with Crippen LogP contribution >= 0.6 is 31.9 Å². The number of hydrogen-bond donors (Lipinski definition) is 1. The van der Waals surface area contributed by atoms with E-state index < -0.39 is 5.97 Å². The molecule has 0 aliphatic rings. The van der Waals surface area contributed by atoms with E-state index >= 15 is 0 Å². The van der Waals surface area contributed by atoms with Crippen LogP contribution in [0.15, 0.2) is 21.1 Å². The first-order valence-electron chi connectivity index (χ1n) is 3.24. The Hall–Kier alpha value is -0.680. The van der Waals surface area contributed by atoms with Crippen molar-refractivity contribution in [2.75, 3.05) is 0 Å². The second-order valence-electron chi connectivity index (χ2n) is 2.25. The highest BCUT2D eigenvalue weighted by Crippen LogP contribution is 2.27. The summed E-state index contributed by atoms with van der Waals surface area (Å²) in [5.74, 6) is -1.08. The number of hydrogen-bond acceptors (Lipinski definition) is 2. The van der Waals surface area contributed by atoms with Gasteiger partial charge in [0.2, 0.25) is 0 Å². The van der Waals surface area contributed by atoms with Gasteiger partial charge in [-0.25, -0.2) is 4.79 Å². The van der Waals surface area contributed by atoms with E-state index in [4.69, 9.17) is 5.11 Å². The molecule has 1 N–H and O–H groups in total. The fourth-order valence-corrected chi connectivity index (χ4v) is 2.23. The largest absolute Gasteiger partial charge is 0.478 e. The number of carbonyl (C=O) groups excluding carboxylic acids is 1. The molecule has 0 aliphatic heterocycles. The van der Waals surface area contributed by atoms with Crippen molar-refractivity contribution in [3.63, 3.8) is 0 Å². The second-order valence-corrected chi connectivity index (χ2v) is 3.90. The van der Waals surface area contributed by atoms with Gasteiger partial charge in [0.25, 0.3) is 0 Å². The van der Waals surface area contributed by atoms with Gasteiger partial charge in [0.15, 0.2) is 6.29 Å². The van der Waals surface area contributed by atoms with Crippen LogP contribution in [-0.4, -0.2) is 17.4 Å². The minimum Gasteiger partial charge on any atom is -0.478 e. The van der Waals surface area contributed by atoms with Crippen LogP contribution in [-0.2, 0) is 0 Å². The fraction of sp³-hybridized carbons (Fsp3) is 0. The summed E-state index contributed by atoms with van der Waals surface area (Å²) >= 11 is 6.14. The summed E-state index contributed by atoms with van der Waals surface area (Å²) in [4.78, 5) is 21.2. The Balaban J connectivity index is 3.47. The number of rotatable bonds is 2. The van der Waals surface area contributed by atoms with E-state index in [1.165, 1.54) is 12.1 Å². The molecule has 1 aromatic rings. The Morgan fingerprint density at radius 1 is 1.38 bits per heavy atom. The molecule has 1 rings (SSSR count). The monoisotopic (exact) mass is 306 g/mol. The molecule has 0 bridgehead atoms. The van der Waals surface area contributed by atoms with Gasteiger partial charge in [-0.1, -0.05) is 0 Å². The highest BCUT2D eigenvalue weighted by molar-refractivity contribution is 9.11. The van der Waals surface area contributed by atoms with E-state index in [1.54, 1.807) is 0 Å². The van der Waals surface area contributed by atoms with E-state index in [1.807, 2.05) is 0 Å². The lowest BCUT2D eigenvalue weighted by Crippen LogP contribution is -2.01. The van der Waals surface area contributed by atoms with Gasteiger partial charge in [-0.3, -0.25) is 4.79 Å². The Morgan fingerprint density at radius 3 is 2.46 bits per heavy atom. The van der Waals surface area contributed by atoms with E-state index in [2.05, 4.69) is 31.9 Å². The molecule has 0 unspecified atom stereocenters. The first-order valence-corrected chi connectivity index (χ1v) is 4.83. The molecule has 0 amide bonds. The topological polar surface area (TPSA) is 54.4 Å². The van der Waals surface area contributed by atoms with Crippen LogP contribution in [0, 0.1) is 0 Å². The summed E-state index contributed by atoms with van der Waals surface area (Å²) < 4.78 is 0.738. The molecule has 0 aliphatic carbocycles. The van der Waals surface area contributed by atoms with Gasteiger partial charge in [-0.15, -0.1) is 0 Å². The molecular weight excluding hydrogens is 304 g/mol. The molecule has 0 aromatic heterocycles. The third-order valence-corrected chi connectivity index (χ3v) is 2.98. The van der Waals surface area contributed by atoms with Crippen molar-refractivity contribution in [3.05, 3.63) is 32.2 Å². The van der Waals surface area contributed by atoms with E-state index in [0.29, 0.717) is 20.8 Å². The SMILES string of the molecule is O=Cc1ccc(Br)c(C(=O)O)c1Br. The number of carboxylic acid groups (broad SMARTS) is 1. The van der Waals surface area contributed by atoms with Crippen LogP contribution in [0.1, 0.15) is 20.7 Å². The van der Waals surface area contributed by atoms with Gasteiger partial charge in [0.05, 0.1) is 5.56 Å². The summed E-state index contributed by atoms with van der Waals surface area (Å²) in [6.07, 6.45) is 0.600. The molecule has 13 heavy (non-hydrogen) atoms. The lowest BCUT2D eigenvalue weighted by molar-refractivity contribution is 0.0695. The minimum atomic E-state index is -1.08. The summed E-state index contributed by atoms with van der Waals surface area (Å²) in [6, 6.07) is 3.06. The lowest BCUT2D eigenvalue weighted by atomic mass is 10.1. The number of aldehydes is 1. The van der Waals surface area contributed by atoms with Gasteiger partial charge in [-0.2, -0.15) is 0 Å². The number of carboxylic acids is 1. The molecule has 0 atom stereocenters. The van der Waals surface area contributed by atoms with Gasteiger partial charge >= 0.3 is 5.97 Å². The molecule has 0 saturated heterocycles. The average Bonchev–Trinajstić information content (AvgIpc) is 2.04. The highest BCUT2D eigenvalue weighted by Gasteiger charge is 2.15. The van der Waals surface area contributed by atoms with Crippen LogP contribution in [0.4, 0.5) is 0 Å². The molecular formula is C8H4Br2O3.